The average Bonchev–Trinajstić information content (AvgIpc) is 3.20. The Hall–Kier alpha value is -3.73. The molecule has 0 radical (unpaired) electrons. The zero-order chi connectivity index (χ0) is 21.8. The first-order valence-corrected chi connectivity index (χ1v) is 10.4. The van der Waals surface area contributed by atoms with Crippen molar-refractivity contribution < 1.29 is 9.18 Å². The van der Waals surface area contributed by atoms with E-state index in [4.69, 9.17) is 4.98 Å². The number of aromatic nitrogens is 2. The third-order valence-corrected chi connectivity index (χ3v) is 5.28. The number of imidazole rings is 1. The predicted molar refractivity (Wildman–Crippen MR) is 121 cm³/mol. The molecule has 4 rings (SSSR count). The van der Waals surface area contributed by atoms with Crippen LogP contribution in [0, 0.1) is 5.82 Å². The minimum atomic E-state index is -0.367. The largest absolute Gasteiger partial charge is 0.344 e. The lowest BCUT2D eigenvalue weighted by Gasteiger charge is -2.16. The van der Waals surface area contributed by atoms with Crippen molar-refractivity contribution in [1.82, 2.24) is 14.9 Å². The molecule has 4 nitrogen and oxygen atoms in total. The van der Waals surface area contributed by atoms with Crippen LogP contribution in [0.5, 0.6) is 0 Å². The van der Waals surface area contributed by atoms with Crippen LogP contribution in [-0.2, 0) is 6.54 Å². The quantitative estimate of drug-likeness (QED) is 0.430. The fourth-order valence-corrected chi connectivity index (χ4v) is 3.73. The van der Waals surface area contributed by atoms with Crippen LogP contribution in [-0.4, -0.2) is 15.5 Å². The molecule has 1 N–H and O–H groups in total. The van der Waals surface area contributed by atoms with Crippen LogP contribution in [0.4, 0.5) is 4.39 Å². The molecule has 0 aliphatic rings. The first-order chi connectivity index (χ1) is 15.1. The van der Waals surface area contributed by atoms with Crippen LogP contribution >= 0.6 is 0 Å². The zero-order valence-electron chi connectivity index (χ0n) is 17.5. The molecule has 4 aromatic rings. The Labute approximate surface area is 181 Å². The van der Waals surface area contributed by atoms with Crippen LogP contribution in [0.15, 0.2) is 84.9 Å². The lowest BCUT2D eigenvalue weighted by molar-refractivity contribution is 0.0931. The van der Waals surface area contributed by atoms with Crippen LogP contribution in [0.1, 0.15) is 35.9 Å². The summed E-state index contributed by atoms with van der Waals surface area (Å²) in [6, 6.07) is 25.5. The van der Waals surface area contributed by atoms with Crippen molar-refractivity contribution in [3.8, 4) is 22.6 Å². The van der Waals surface area contributed by atoms with Crippen molar-refractivity contribution in [2.75, 3.05) is 0 Å². The second kappa shape index (κ2) is 8.96. The van der Waals surface area contributed by atoms with Gasteiger partial charge in [0.1, 0.15) is 23.0 Å². The maximum Gasteiger partial charge on any atom is 0.270 e. The third kappa shape index (κ3) is 4.26. The van der Waals surface area contributed by atoms with Gasteiger partial charge in [0, 0.05) is 17.7 Å². The van der Waals surface area contributed by atoms with Crippen LogP contribution in [0.3, 0.4) is 0 Å². The van der Waals surface area contributed by atoms with Crippen molar-refractivity contribution >= 4 is 5.91 Å². The molecule has 1 atom stereocenters. The van der Waals surface area contributed by atoms with E-state index in [2.05, 4.69) is 5.32 Å². The zero-order valence-corrected chi connectivity index (χ0v) is 17.5. The number of nitrogens with zero attached hydrogens (tertiary/aromatic N) is 2. The Morgan fingerprint density at radius 3 is 2.26 bits per heavy atom. The van der Waals surface area contributed by atoms with Gasteiger partial charge in [-0.15, -0.1) is 0 Å². The van der Waals surface area contributed by atoms with Crippen molar-refractivity contribution in [3.05, 3.63) is 102 Å². The molecule has 0 aliphatic heterocycles. The van der Waals surface area contributed by atoms with E-state index < -0.39 is 0 Å². The van der Waals surface area contributed by atoms with Gasteiger partial charge in [0.2, 0.25) is 0 Å². The fourth-order valence-electron chi connectivity index (χ4n) is 3.73. The molecule has 0 saturated carbocycles. The van der Waals surface area contributed by atoms with Gasteiger partial charge in [0.25, 0.3) is 5.91 Å². The highest BCUT2D eigenvalue weighted by Gasteiger charge is 2.25. The van der Waals surface area contributed by atoms with Crippen molar-refractivity contribution in [3.63, 3.8) is 0 Å². The molecular formula is C26H24FN3O. The number of hydrogen-bond acceptors (Lipinski definition) is 2. The number of benzene rings is 3. The molecule has 31 heavy (non-hydrogen) atoms. The third-order valence-electron chi connectivity index (χ3n) is 5.28. The molecule has 0 unspecified atom stereocenters. The summed E-state index contributed by atoms with van der Waals surface area (Å²) in [7, 11) is 0. The van der Waals surface area contributed by atoms with Crippen LogP contribution < -0.4 is 5.32 Å². The maximum absolute atomic E-state index is 14.0. The number of rotatable bonds is 6. The van der Waals surface area contributed by atoms with Gasteiger partial charge in [0.15, 0.2) is 0 Å². The molecule has 5 heteroatoms. The molecule has 1 aromatic heterocycles. The van der Waals surface area contributed by atoms with Gasteiger partial charge in [-0.2, -0.15) is 0 Å². The van der Waals surface area contributed by atoms with Crippen LogP contribution in [0.2, 0.25) is 0 Å². The van der Waals surface area contributed by atoms with E-state index >= 15 is 0 Å². The van der Waals surface area contributed by atoms with E-state index in [9.17, 15) is 9.18 Å². The average molecular weight is 413 g/mol. The van der Waals surface area contributed by atoms with Crippen molar-refractivity contribution in [2.45, 2.75) is 26.4 Å². The molecule has 0 saturated heterocycles. The Kier molecular flexibility index (Phi) is 5.94. The number of nitrogens with one attached hydrogen (secondary N) is 1. The number of carbonyl (C=O) groups is 1. The van der Waals surface area contributed by atoms with Gasteiger partial charge in [-0.25, -0.2) is 9.37 Å². The monoisotopic (exact) mass is 413 g/mol. The highest BCUT2D eigenvalue weighted by molar-refractivity contribution is 5.99. The van der Waals surface area contributed by atoms with Gasteiger partial charge in [-0.05, 0) is 31.5 Å². The van der Waals surface area contributed by atoms with Gasteiger partial charge >= 0.3 is 0 Å². The normalized spacial score (nSPS) is 11.8. The number of halogens is 1. The molecule has 156 valence electrons. The number of carbonyl (C=O) groups excluding carboxylic acids is 1. The standard InChI is InChI=1S/C26H24FN3O/c1-3-30-24(26(31)28-18(2)19-11-6-4-7-12-19)23(21-15-10-16-22(27)17-21)29-25(30)20-13-8-5-9-14-20/h4-18H,3H2,1-2H3,(H,28,31)/t18-/m0/s1. The second-order valence-corrected chi connectivity index (χ2v) is 7.36. The summed E-state index contributed by atoms with van der Waals surface area (Å²) >= 11 is 0. The summed E-state index contributed by atoms with van der Waals surface area (Å²) in [5.74, 6) is 0.0702. The summed E-state index contributed by atoms with van der Waals surface area (Å²) < 4.78 is 15.9. The molecule has 1 heterocycles. The molecule has 0 aliphatic carbocycles. The Bertz CT molecular complexity index is 1190. The first-order valence-electron chi connectivity index (χ1n) is 10.4. The second-order valence-electron chi connectivity index (χ2n) is 7.36. The minimum Gasteiger partial charge on any atom is -0.344 e. The first kappa shape index (κ1) is 20.5. The van der Waals surface area contributed by atoms with E-state index in [0.29, 0.717) is 29.3 Å². The number of hydrogen-bond donors (Lipinski definition) is 1. The summed E-state index contributed by atoms with van der Waals surface area (Å²) in [6.45, 7) is 4.47. The Balaban J connectivity index is 1.82. The highest BCUT2D eigenvalue weighted by Crippen LogP contribution is 2.30. The lowest BCUT2D eigenvalue weighted by Crippen LogP contribution is -2.29. The Morgan fingerprint density at radius 2 is 1.61 bits per heavy atom. The maximum atomic E-state index is 14.0. The van der Waals surface area contributed by atoms with E-state index in [1.165, 1.54) is 12.1 Å². The van der Waals surface area contributed by atoms with Gasteiger partial charge in [0.05, 0.1) is 6.04 Å². The number of amides is 1. The van der Waals surface area contributed by atoms with Gasteiger partial charge in [-0.1, -0.05) is 72.8 Å². The molecule has 0 fully saturated rings. The SMILES string of the molecule is CCn1c(-c2ccccc2)nc(-c2cccc(F)c2)c1C(=O)N[C@@H](C)c1ccccc1. The topological polar surface area (TPSA) is 46.9 Å². The predicted octanol–water partition coefficient (Wildman–Crippen LogP) is 5.87. The van der Waals surface area contributed by atoms with E-state index in [1.807, 2.05) is 79.1 Å². The summed E-state index contributed by atoms with van der Waals surface area (Å²) in [5.41, 5.74) is 3.38. The van der Waals surface area contributed by atoms with Crippen molar-refractivity contribution in [1.29, 1.82) is 0 Å². The van der Waals surface area contributed by atoms with Crippen molar-refractivity contribution in [2.24, 2.45) is 0 Å². The van der Waals surface area contributed by atoms with E-state index in [1.54, 1.807) is 12.1 Å². The smallest absolute Gasteiger partial charge is 0.270 e. The molecule has 1 amide bonds. The summed E-state index contributed by atoms with van der Waals surface area (Å²) in [5, 5.41) is 3.08. The van der Waals surface area contributed by atoms with E-state index in [0.717, 1.165) is 11.1 Å². The summed E-state index contributed by atoms with van der Waals surface area (Å²) in [4.78, 5) is 18.3. The van der Waals surface area contributed by atoms with E-state index in [-0.39, 0.29) is 17.8 Å². The molecular weight excluding hydrogens is 389 g/mol. The Morgan fingerprint density at radius 1 is 0.968 bits per heavy atom. The minimum absolute atomic E-state index is 0.186. The van der Waals surface area contributed by atoms with Gasteiger partial charge < -0.3 is 9.88 Å². The molecule has 0 bridgehead atoms. The van der Waals surface area contributed by atoms with Crippen LogP contribution in [0.25, 0.3) is 22.6 Å². The van der Waals surface area contributed by atoms with Gasteiger partial charge in [-0.3, -0.25) is 4.79 Å². The fraction of sp³-hybridized carbons (Fsp3) is 0.154. The lowest BCUT2D eigenvalue weighted by atomic mass is 10.1. The molecule has 0 spiro atoms. The highest BCUT2D eigenvalue weighted by atomic mass is 19.1. The molecule has 3 aromatic carbocycles. The summed E-state index contributed by atoms with van der Waals surface area (Å²) in [6.07, 6.45) is 0.